The van der Waals surface area contributed by atoms with Crippen molar-refractivity contribution >= 4 is 21.5 Å². The Morgan fingerprint density at radius 3 is 2.35 bits per heavy atom. The summed E-state index contributed by atoms with van der Waals surface area (Å²) in [5.74, 6) is 1.37. The lowest BCUT2D eigenvalue weighted by atomic mass is 10.1. The fraction of sp³-hybridized carbons (Fsp3) is 0.353. The van der Waals surface area contributed by atoms with Crippen molar-refractivity contribution in [2.45, 2.75) is 32.1 Å². The van der Waals surface area contributed by atoms with Crippen molar-refractivity contribution in [2.75, 3.05) is 16.6 Å². The number of aromatic nitrogens is 1. The fourth-order valence-electron chi connectivity index (χ4n) is 1.98. The first-order chi connectivity index (χ1) is 10.9. The molecule has 2 N–H and O–H groups in total. The maximum Gasteiger partial charge on any atom is 0.261 e. The molecule has 0 radical (unpaired) electrons. The van der Waals surface area contributed by atoms with Crippen LogP contribution < -0.4 is 10.0 Å². The molecule has 1 aromatic heterocycles. The van der Waals surface area contributed by atoms with Crippen molar-refractivity contribution in [1.82, 2.24) is 4.98 Å². The van der Waals surface area contributed by atoms with Crippen LogP contribution in [-0.4, -0.2) is 19.9 Å². The molecule has 0 fully saturated rings. The van der Waals surface area contributed by atoms with Crippen LogP contribution in [0.2, 0.25) is 0 Å². The van der Waals surface area contributed by atoms with Gasteiger partial charge in [-0.25, -0.2) is 13.4 Å². The van der Waals surface area contributed by atoms with Gasteiger partial charge < -0.3 is 5.32 Å². The first-order valence-electron chi connectivity index (χ1n) is 7.66. The molecule has 124 valence electrons. The molecule has 0 atom stereocenters. The lowest BCUT2D eigenvalue weighted by molar-refractivity contribution is 0.601. The smallest absolute Gasteiger partial charge is 0.261 e. The van der Waals surface area contributed by atoms with Gasteiger partial charge in [0.05, 0.1) is 16.8 Å². The molecular formula is C17H23N3O2S. The van der Waals surface area contributed by atoms with E-state index in [1.165, 1.54) is 6.20 Å². The van der Waals surface area contributed by atoms with Gasteiger partial charge in [-0.2, -0.15) is 0 Å². The monoisotopic (exact) mass is 333 g/mol. The number of hydrogen-bond acceptors (Lipinski definition) is 4. The molecule has 0 bridgehead atoms. The molecule has 6 heteroatoms. The molecule has 2 rings (SSSR count). The van der Waals surface area contributed by atoms with E-state index in [4.69, 9.17) is 0 Å². The average Bonchev–Trinajstić information content (AvgIpc) is 2.49. The van der Waals surface area contributed by atoms with Gasteiger partial charge >= 0.3 is 0 Å². The summed E-state index contributed by atoms with van der Waals surface area (Å²) in [5.41, 5.74) is 1.46. The van der Waals surface area contributed by atoms with Gasteiger partial charge in [0.2, 0.25) is 0 Å². The number of benzene rings is 1. The molecule has 0 spiro atoms. The summed E-state index contributed by atoms with van der Waals surface area (Å²) in [4.78, 5) is 4.47. The largest absolute Gasteiger partial charge is 0.370 e. The van der Waals surface area contributed by atoms with E-state index in [1.54, 1.807) is 36.4 Å². The summed E-state index contributed by atoms with van der Waals surface area (Å²) in [6.07, 6.45) is 2.58. The average molecular weight is 333 g/mol. The van der Waals surface area contributed by atoms with Crippen LogP contribution in [0.3, 0.4) is 0 Å². The van der Waals surface area contributed by atoms with Gasteiger partial charge in [-0.1, -0.05) is 31.5 Å². The Bertz CT molecular complexity index is 723. The number of pyridine rings is 1. The summed E-state index contributed by atoms with van der Waals surface area (Å²) >= 11 is 0. The molecule has 0 aliphatic carbocycles. The molecule has 0 amide bonds. The van der Waals surface area contributed by atoms with Crippen molar-refractivity contribution in [2.24, 2.45) is 5.92 Å². The molecular weight excluding hydrogens is 310 g/mol. The maximum atomic E-state index is 12.3. The molecule has 2 aromatic rings. The number of sulfonamides is 1. The molecule has 23 heavy (non-hydrogen) atoms. The van der Waals surface area contributed by atoms with Gasteiger partial charge in [0.1, 0.15) is 5.82 Å². The second-order valence-corrected chi connectivity index (χ2v) is 7.64. The van der Waals surface area contributed by atoms with Crippen LogP contribution in [0.5, 0.6) is 0 Å². The first-order valence-corrected chi connectivity index (χ1v) is 9.14. The first kappa shape index (κ1) is 17.3. The van der Waals surface area contributed by atoms with Gasteiger partial charge in [-0.15, -0.1) is 0 Å². The predicted molar refractivity (Wildman–Crippen MR) is 94.2 cm³/mol. The quantitative estimate of drug-likeness (QED) is 0.811. The highest BCUT2D eigenvalue weighted by Crippen LogP contribution is 2.17. The highest BCUT2D eigenvalue weighted by molar-refractivity contribution is 7.92. The Hall–Kier alpha value is -2.08. The predicted octanol–water partition coefficient (Wildman–Crippen LogP) is 3.65. The normalized spacial score (nSPS) is 11.5. The van der Waals surface area contributed by atoms with Gasteiger partial charge in [-0.3, -0.25) is 4.72 Å². The highest BCUT2D eigenvalue weighted by atomic mass is 32.2. The Balaban J connectivity index is 2.01. The Morgan fingerprint density at radius 2 is 1.78 bits per heavy atom. The van der Waals surface area contributed by atoms with E-state index in [2.05, 4.69) is 28.9 Å². The van der Waals surface area contributed by atoms with Crippen molar-refractivity contribution in [3.8, 4) is 0 Å². The van der Waals surface area contributed by atoms with E-state index in [9.17, 15) is 8.42 Å². The Labute approximate surface area is 138 Å². The molecule has 0 aliphatic heterocycles. The topological polar surface area (TPSA) is 71.1 Å². The lowest BCUT2D eigenvalue weighted by Gasteiger charge is -2.10. The molecule has 5 nitrogen and oxygen atoms in total. The van der Waals surface area contributed by atoms with E-state index in [1.807, 2.05) is 6.92 Å². The molecule has 1 heterocycles. The van der Waals surface area contributed by atoms with Crippen LogP contribution in [0.25, 0.3) is 0 Å². The number of aryl methyl sites for hydroxylation is 1. The maximum absolute atomic E-state index is 12.3. The summed E-state index contributed by atoms with van der Waals surface area (Å²) in [5, 5.41) is 3.22. The van der Waals surface area contributed by atoms with Crippen molar-refractivity contribution in [3.63, 3.8) is 0 Å². The van der Waals surface area contributed by atoms with Crippen LogP contribution in [0.4, 0.5) is 11.5 Å². The van der Waals surface area contributed by atoms with E-state index in [0.29, 0.717) is 11.6 Å². The minimum absolute atomic E-state index is 0.238. The second-order valence-electron chi connectivity index (χ2n) is 5.96. The van der Waals surface area contributed by atoms with Crippen LogP contribution in [0, 0.1) is 12.8 Å². The van der Waals surface area contributed by atoms with E-state index in [0.717, 1.165) is 24.3 Å². The van der Waals surface area contributed by atoms with E-state index < -0.39 is 10.0 Å². The van der Waals surface area contributed by atoms with Crippen LogP contribution >= 0.6 is 0 Å². The second kappa shape index (κ2) is 7.46. The zero-order valence-electron chi connectivity index (χ0n) is 13.7. The van der Waals surface area contributed by atoms with Crippen molar-refractivity contribution in [1.29, 1.82) is 0 Å². The minimum atomic E-state index is -3.58. The number of nitrogens with zero attached hydrogens (tertiary/aromatic N) is 1. The number of anilines is 2. The van der Waals surface area contributed by atoms with Gasteiger partial charge in [0, 0.05) is 6.54 Å². The third-order valence-corrected chi connectivity index (χ3v) is 4.77. The zero-order valence-corrected chi connectivity index (χ0v) is 14.5. The van der Waals surface area contributed by atoms with E-state index >= 15 is 0 Å². The van der Waals surface area contributed by atoms with E-state index in [-0.39, 0.29) is 4.90 Å². The summed E-state index contributed by atoms with van der Waals surface area (Å²) in [7, 11) is -3.58. The summed E-state index contributed by atoms with van der Waals surface area (Å²) in [6.45, 7) is 7.09. The summed E-state index contributed by atoms with van der Waals surface area (Å²) in [6, 6.07) is 10.2. The molecule has 0 saturated carbocycles. The fourth-order valence-corrected chi connectivity index (χ4v) is 3.02. The van der Waals surface area contributed by atoms with Crippen LogP contribution in [0.15, 0.2) is 47.5 Å². The van der Waals surface area contributed by atoms with Crippen LogP contribution in [-0.2, 0) is 10.0 Å². The third kappa shape index (κ3) is 5.25. The molecule has 0 unspecified atom stereocenters. The molecule has 1 aromatic carbocycles. The lowest BCUT2D eigenvalue weighted by Crippen LogP contribution is -2.13. The zero-order chi connectivity index (χ0) is 16.9. The van der Waals surface area contributed by atoms with Gasteiger partial charge in [0.15, 0.2) is 0 Å². The Morgan fingerprint density at radius 1 is 1.09 bits per heavy atom. The standard InChI is InChI=1S/C17H23N3O2S/c1-13(2)10-11-18-17-9-6-15(12-19-17)20-23(21,22)16-7-4-14(3)5-8-16/h4-9,12-13,20H,10-11H2,1-3H3,(H,18,19). The van der Waals surface area contributed by atoms with Gasteiger partial charge in [0.25, 0.3) is 10.0 Å². The highest BCUT2D eigenvalue weighted by Gasteiger charge is 2.13. The minimum Gasteiger partial charge on any atom is -0.370 e. The van der Waals surface area contributed by atoms with Crippen LogP contribution in [0.1, 0.15) is 25.8 Å². The SMILES string of the molecule is Cc1ccc(S(=O)(=O)Nc2ccc(NCCC(C)C)nc2)cc1. The number of rotatable bonds is 7. The summed E-state index contributed by atoms with van der Waals surface area (Å²) < 4.78 is 27.1. The van der Waals surface area contributed by atoms with Gasteiger partial charge in [-0.05, 0) is 43.5 Å². The number of hydrogen-bond donors (Lipinski definition) is 2. The van der Waals surface area contributed by atoms with Crippen molar-refractivity contribution < 1.29 is 8.42 Å². The van der Waals surface area contributed by atoms with Crippen molar-refractivity contribution in [3.05, 3.63) is 48.2 Å². The Kier molecular flexibility index (Phi) is 5.60. The molecule has 0 aliphatic rings. The third-order valence-electron chi connectivity index (χ3n) is 3.37. The molecule has 0 saturated heterocycles. The number of nitrogens with one attached hydrogen (secondary N) is 2.